The average Bonchev–Trinajstić information content (AvgIpc) is 3.29. The molecule has 164 valence electrons. The van der Waals surface area contributed by atoms with Crippen LogP contribution in [0, 0.1) is 5.92 Å². The van der Waals surface area contributed by atoms with Crippen LogP contribution in [0.15, 0.2) is 22.8 Å². The van der Waals surface area contributed by atoms with Crippen LogP contribution in [0.25, 0.3) is 0 Å². The number of carboxylic acid groups (broad SMARTS) is 1. The molecule has 0 spiro atoms. The van der Waals surface area contributed by atoms with E-state index >= 15 is 0 Å². The van der Waals surface area contributed by atoms with Crippen molar-refractivity contribution in [2.45, 2.75) is 43.2 Å². The van der Waals surface area contributed by atoms with E-state index in [0.29, 0.717) is 17.9 Å². The fourth-order valence-corrected chi connectivity index (χ4v) is 6.15. The standard InChI is InChI=1S/C20H28N4O5S/c1-11(25)17-14-9-15(18(20(28)29)24(14)19(17)27)30-13-8-12(22-10-13)2-3-16(26)23-6-4-21-5-7-23/h2-3,11-14,17,21-22,25H,4-10H2,1H3,(H,28,29)/t11-,12-,13+,14-,17-/m1/s1. The van der Waals surface area contributed by atoms with Crippen LogP contribution in [-0.4, -0.2) is 94.0 Å². The molecule has 0 bridgehead atoms. The monoisotopic (exact) mass is 436 g/mol. The summed E-state index contributed by atoms with van der Waals surface area (Å²) in [5, 5.41) is 26.3. The predicted octanol–water partition coefficient (Wildman–Crippen LogP) is -0.654. The van der Waals surface area contributed by atoms with Gasteiger partial charge in [-0.25, -0.2) is 4.79 Å². The Bertz CT molecular complexity index is 792. The first kappa shape index (κ1) is 21.4. The number of hydrogen-bond acceptors (Lipinski definition) is 7. The maximum Gasteiger partial charge on any atom is 0.353 e. The Labute approximate surface area is 179 Å². The van der Waals surface area contributed by atoms with Gasteiger partial charge in [0.25, 0.3) is 0 Å². The van der Waals surface area contributed by atoms with Crippen LogP contribution in [0.3, 0.4) is 0 Å². The number of carbonyl (C=O) groups is 3. The van der Waals surface area contributed by atoms with Gasteiger partial charge in [-0.3, -0.25) is 9.59 Å². The zero-order valence-electron chi connectivity index (χ0n) is 16.9. The third-order valence-electron chi connectivity index (χ3n) is 6.22. The first-order valence-electron chi connectivity index (χ1n) is 10.4. The fourth-order valence-electron chi connectivity index (χ4n) is 4.70. The lowest BCUT2D eigenvalue weighted by Gasteiger charge is -2.44. The number of fused-ring (bicyclic) bond motifs is 1. The van der Waals surface area contributed by atoms with Gasteiger partial charge in [0.05, 0.1) is 18.1 Å². The van der Waals surface area contributed by atoms with E-state index in [1.807, 2.05) is 11.0 Å². The SMILES string of the molecule is C[C@@H](O)[C@H]1C(=O)N2C(C(=O)O)=C(S[C@@H]3CN[C@H](C=CC(=O)N4CCNCC4)C3)C[C@H]12. The molecule has 3 fully saturated rings. The van der Waals surface area contributed by atoms with Gasteiger partial charge >= 0.3 is 5.97 Å². The van der Waals surface area contributed by atoms with E-state index in [1.165, 1.54) is 16.7 Å². The maximum absolute atomic E-state index is 12.3. The van der Waals surface area contributed by atoms with Gasteiger partial charge in [-0.1, -0.05) is 6.08 Å². The van der Waals surface area contributed by atoms with Crippen molar-refractivity contribution in [2.75, 3.05) is 32.7 Å². The second-order valence-corrected chi connectivity index (χ2v) is 9.64. The zero-order chi connectivity index (χ0) is 21.4. The predicted molar refractivity (Wildman–Crippen MR) is 111 cm³/mol. The quantitative estimate of drug-likeness (QED) is 0.320. The van der Waals surface area contributed by atoms with Gasteiger partial charge in [-0.2, -0.15) is 0 Å². The van der Waals surface area contributed by atoms with E-state index in [1.54, 1.807) is 13.0 Å². The maximum atomic E-state index is 12.3. The number of thioether (sulfide) groups is 1. The summed E-state index contributed by atoms with van der Waals surface area (Å²) >= 11 is 1.50. The van der Waals surface area contributed by atoms with Gasteiger partial charge in [-0.15, -0.1) is 11.8 Å². The lowest BCUT2D eigenvalue weighted by molar-refractivity contribution is -0.161. The van der Waals surface area contributed by atoms with Gasteiger partial charge in [0, 0.05) is 61.4 Å². The first-order chi connectivity index (χ1) is 14.4. The Hall–Kier alpha value is -1.88. The summed E-state index contributed by atoms with van der Waals surface area (Å²) in [6.45, 7) is 5.35. The van der Waals surface area contributed by atoms with E-state index < -0.39 is 18.0 Å². The number of nitrogens with one attached hydrogen (secondary N) is 2. The number of hydrogen-bond donors (Lipinski definition) is 4. The minimum atomic E-state index is -1.10. The van der Waals surface area contributed by atoms with Crippen molar-refractivity contribution in [1.82, 2.24) is 20.4 Å². The van der Waals surface area contributed by atoms with E-state index in [4.69, 9.17) is 0 Å². The molecule has 4 rings (SSSR count). The molecular weight excluding hydrogens is 408 g/mol. The lowest BCUT2D eigenvalue weighted by Crippen LogP contribution is -2.61. The fraction of sp³-hybridized carbons (Fsp3) is 0.650. The number of aliphatic carboxylic acids is 1. The van der Waals surface area contributed by atoms with Crippen molar-refractivity contribution >= 4 is 29.5 Å². The summed E-state index contributed by atoms with van der Waals surface area (Å²) in [7, 11) is 0. The van der Waals surface area contributed by atoms with Crippen LogP contribution in [0.1, 0.15) is 19.8 Å². The largest absolute Gasteiger partial charge is 0.477 e. The second-order valence-electron chi connectivity index (χ2n) is 8.25. The van der Waals surface area contributed by atoms with Gasteiger partial charge < -0.3 is 30.6 Å². The third-order valence-corrected chi connectivity index (χ3v) is 7.56. The Kier molecular flexibility index (Phi) is 6.19. The van der Waals surface area contributed by atoms with Crippen molar-refractivity contribution in [1.29, 1.82) is 0 Å². The second kappa shape index (κ2) is 8.70. The number of amides is 2. The minimum Gasteiger partial charge on any atom is -0.477 e. The van der Waals surface area contributed by atoms with E-state index in [2.05, 4.69) is 10.6 Å². The van der Waals surface area contributed by atoms with Gasteiger partial charge in [0.15, 0.2) is 0 Å². The average molecular weight is 437 g/mol. The van der Waals surface area contributed by atoms with E-state index in [9.17, 15) is 24.6 Å². The van der Waals surface area contributed by atoms with Gasteiger partial charge in [-0.05, 0) is 13.3 Å². The summed E-state index contributed by atoms with van der Waals surface area (Å²) in [5.74, 6) is -1.90. The molecule has 0 aromatic rings. The Morgan fingerprint density at radius 2 is 2.03 bits per heavy atom. The lowest BCUT2D eigenvalue weighted by atomic mass is 9.83. The van der Waals surface area contributed by atoms with Crippen molar-refractivity contribution in [3.8, 4) is 0 Å². The highest BCUT2D eigenvalue weighted by Crippen LogP contribution is 2.48. The van der Waals surface area contributed by atoms with Gasteiger partial charge in [0.1, 0.15) is 5.70 Å². The van der Waals surface area contributed by atoms with E-state index in [-0.39, 0.29) is 34.8 Å². The molecule has 10 heteroatoms. The van der Waals surface area contributed by atoms with Crippen molar-refractivity contribution < 1.29 is 24.6 Å². The van der Waals surface area contributed by atoms with Crippen LogP contribution in [0.4, 0.5) is 0 Å². The number of carbonyl (C=O) groups excluding carboxylic acids is 2. The summed E-state index contributed by atoms with van der Waals surface area (Å²) in [5.41, 5.74) is 0.0692. The normalized spacial score (nSPS) is 32.5. The number of β-lactam (4-membered cyclic amide) rings is 1. The van der Waals surface area contributed by atoms with Gasteiger partial charge in [0.2, 0.25) is 11.8 Å². The highest BCUT2D eigenvalue weighted by atomic mass is 32.2. The molecule has 0 radical (unpaired) electrons. The number of aliphatic hydroxyl groups is 1. The number of nitrogens with zero attached hydrogens (tertiary/aromatic N) is 2. The third kappa shape index (κ3) is 4.01. The van der Waals surface area contributed by atoms with Crippen LogP contribution in [0.2, 0.25) is 0 Å². The topological polar surface area (TPSA) is 122 Å². The van der Waals surface area contributed by atoms with Crippen LogP contribution in [-0.2, 0) is 14.4 Å². The van der Waals surface area contributed by atoms with Crippen LogP contribution >= 0.6 is 11.8 Å². The molecule has 4 aliphatic rings. The molecule has 30 heavy (non-hydrogen) atoms. The smallest absolute Gasteiger partial charge is 0.353 e. The highest BCUT2D eigenvalue weighted by Gasteiger charge is 2.57. The molecule has 4 heterocycles. The molecule has 0 aliphatic carbocycles. The first-order valence-corrected chi connectivity index (χ1v) is 11.3. The minimum absolute atomic E-state index is 0.0214. The molecule has 0 aromatic heterocycles. The Morgan fingerprint density at radius 3 is 2.70 bits per heavy atom. The number of piperazine rings is 1. The molecular formula is C20H28N4O5S. The summed E-state index contributed by atoms with van der Waals surface area (Å²) in [4.78, 5) is 40.3. The Balaban J connectivity index is 1.35. The molecule has 4 aliphatic heterocycles. The molecule has 3 saturated heterocycles. The zero-order valence-corrected chi connectivity index (χ0v) is 17.7. The molecule has 0 aromatic carbocycles. The molecule has 0 saturated carbocycles. The number of aliphatic hydroxyl groups excluding tert-OH is 1. The highest BCUT2D eigenvalue weighted by molar-refractivity contribution is 8.03. The van der Waals surface area contributed by atoms with E-state index in [0.717, 1.165) is 32.6 Å². The van der Waals surface area contributed by atoms with Crippen molar-refractivity contribution in [3.63, 3.8) is 0 Å². The molecule has 2 amide bonds. The van der Waals surface area contributed by atoms with Crippen LogP contribution in [0.5, 0.6) is 0 Å². The number of rotatable bonds is 6. The van der Waals surface area contributed by atoms with Crippen molar-refractivity contribution in [2.24, 2.45) is 5.92 Å². The molecule has 4 N–H and O–H groups in total. The van der Waals surface area contributed by atoms with Crippen molar-refractivity contribution in [3.05, 3.63) is 22.8 Å². The Morgan fingerprint density at radius 1 is 1.30 bits per heavy atom. The summed E-state index contributed by atoms with van der Waals surface area (Å²) in [6.07, 6.45) is 4.00. The molecule has 5 atom stereocenters. The van der Waals surface area contributed by atoms with Crippen LogP contribution < -0.4 is 10.6 Å². The molecule has 9 nitrogen and oxygen atoms in total. The molecule has 0 unspecified atom stereocenters. The number of carboxylic acids is 1. The summed E-state index contributed by atoms with van der Waals surface area (Å²) in [6, 6.07) is -0.193. The summed E-state index contributed by atoms with van der Waals surface area (Å²) < 4.78 is 0.